The number of nitrogens with one attached hydrogen (secondary N) is 2. The number of hydrogen-bond donors (Lipinski definition) is 2. The Balaban J connectivity index is 1.32. The summed E-state index contributed by atoms with van der Waals surface area (Å²) in [6.07, 6.45) is 0. The number of halogens is 1. The van der Waals surface area contributed by atoms with Crippen molar-refractivity contribution in [3.8, 4) is 11.1 Å². The molecule has 3 aromatic carbocycles. The van der Waals surface area contributed by atoms with Crippen LogP contribution in [0.3, 0.4) is 0 Å². The Bertz CT molecular complexity index is 1380. The van der Waals surface area contributed by atoms with E-state index >= 15 is 0 Å². The maximum Gasteiger partial charge on any atom is 0.237 e. The van der Waals surface area contributed by atoms with Gasteiger partial charge in [0.15, 0.2) is 5.16 Å². The molecule has 1 unspecified atom stereocenters. The van der Waals surface area contributed by atoms with E-state index in [1.54, 1.807) is 0 Å². The molecule has 0 spiro atoms. The van der Waals surface area contributed by atoms with Crippen LogP contribution in [-0.2, 0) is 16.1 Å². The van der Waals surface area contributed by atoms with Gasteiger partial charge in [-0.1, -0.05) is 59.8 Å². The number of benzene rings is 3. The molecule has 1 fully saturated rings. The number of carbonyl (C=O) groups is 1. The second-order valence-corrected chi connectivity index (χ2v) is 10.8. The van der Waals surface area contributed by atoms with Gasteiger partial charge in [-0.2, -0.15) is 0 Å². The summed E-state index contributed by atoms with van der Waals surface area (Å²) in [7, 11) is 0. The molecule has 2 heterocycles. The fourth-order valence-electron chi connectivity index (χ4n) is 4.33. The van der Waals surface area contributed by atoms with Crippen LogP contribution in [0.15, 0.2) is 65.8 Å². The third-order valence-corrected chi connectivity index (χ3v) is 7.58. The van der Waals surface area contributed by atoms with E-state index in [4.69, 9.17) is 21.3 Å². The maximum atomic E-state index is 12.8. The zero-order valence-electron chi connectivity index (χ0n) is 20.4. The van der Waals surface area contributed by atoms with Gasteiger partial charge in [0, 0.05) is 25.2 Å². The van der Waals surface area contributed by atoms with E-state index in [2.05, 4.69) is 45.5 Å². The molecule has 0 saturated carbocycles. The van der Waals surface area contributed by atoms with E-state index < -0.39 is 0 Å². The summed E-state index contributed by atoms with van der Waals surface area (Å²) >= 11 is 7.68. The molecule has 6 nitrogen and oxygen atoms in total. The number of rotatable bonds is 7. The van der Waals surface area contributed by atoms with Crippen LogP contribution < -0.4 is 5.32 Å². The molecule has 0 radical (unpaired) electrons. The number of anilines is 1. The summed E-state index contributed by atoms with van der Waals surface area (Å²) in [5.41, 5.74) is 6.99. The highest BCUT2D eigenvalue weighted by Gasteiger charge is 2.19. The Morgan fingerprint density at radius 1 is 1.17 bits per heavy atom. The van der Waals surface area contributed by atoms with Crippen molar-refractivity contribution in [2.45, 2.75) is 30.8 Å². The van der Waals surface area contributed by atoms with Crippen LogP contribution in [0.5, 0.6) is 0 Å². The van der Waals surface area contributed by atoms with Crippen LogP contribution in [0.25, 0.3) is 22.2 Å². The molecule has 0 bridgehead atoms. The van der Waals surface area contributed by atoms with Gasteiger partial charge in [0.05, 0.1) is 40.2 Å². The number of fused-ring (bicyclic) bond motifs is 1. The van der Waals surface area contributed by atoms with Crippen molar-refractivity contribution >= 4 is 46.0 Å². The number of aryl methyl sites for hydroxylation is 1. The highest BCUT2D eigenvalue weighted by atomic mass is 35.5. The normalized spacial score (nSPS) is 15.2. The summed E-state index contributed by atoms with van der Waals surface area (Å²) in [6, 6.07) is 20.4. The minimum absolute atomic E-state index is 0.123. The average molecular weight is 521 g/mol. The lowest BCUT2D eigenvalue weighted by Gasteiger charge is -2.26. The molecule has 1 aromatic heterocycles. The highest BCUT2D eigenvalue weighted by molar-refractivity contribution is 8.00. The monoisotopic (exact) mass is 520 g/mol. The predicted octanol–water partition coefficient (Wildman–Crippen LogP) is 6.14. The van der Waals surface area contributed by atoms with E-state index in [0.717, 1.165) is 60.6 Å². The molecule has 36 heavy (non-hydrogen) atoms. The van der Waals surface area contributed by atoms with E-state index in [9.17, 15) is 4.79 Å². The van der Waals surface area contributed by atoms with Crippen LogP contribution in [0, 0.1) is 6.92 Å². The van der Waals surface area contributed by atoms with Gasteiger partial charge in [-0.15, -0.1) is 0 Å². The van der Waals surface area contributed by atoms with Crippen molar-refractivity contribution in [3.63, 3.8) is 0 Å². The molecule has 1 atom stereocenters. The Morgan fingerprint density at radius 3 is 2.78 bits per heavy atom. The Kier molecular flexibility index (Phi) is 7.62. The SMILES string of the molecule is Cc1ccc(NC(=O)C(C)Sc2nc3c(-c4cccc(CN5CCOCC5)c4)cccc3[nH]2)c(Cl)c1. The highest BCUT2D eigenvalue weighted by Crippen LogP contribution is 2.32. The molecule has 186 valence electrons. The van der Waals surface area contributed by atoms with Gasteiger partial charge in [0.2, 0.25) is 5.91 Å². The molecular weight excluding hydrogens is 492 g/mol. The average Bonchev–Trinajstić information content (AvgIpc) is 3.29. The standard InChI is InChI=1S/C28H29ClN4O2S/c1-18-9-10-24(23(29)15-18)30-27(34)19(2)36-28-31-25-8-4-7-22(26(25)32-28)21-6-3-5-20(16-21)17-33-11-13-35-14-12-33/h3-10,15-16,19H,11-14,17H2,1-2H3,(H,30,34)(H,31,32). The quantitative estimate of drug-likeness (QED) is 0.286. The van der Waals surface area contributed by atoms with Gasteiger partial charge in [-0.25, -0.2) is 4.98 Å². The minimum atomic E-state index is -0.358. The Labute approximate surface area is 220 Å². The lowest BCUT2D eigenvalue weighted by atomic mass is 10.0. The molecular formula is C28H29ClN4O2S. The van der Waals surface area contributed by atoms with Crippen molar-refractivity contribution in [1.82, 2.24) is 14.9 Å². The van der Waals surface area contributed by atoms with Gasteiger partial charge in [0.1, 0.15) is 0 Å². The van der Waals surface area contributed by atoms with Crippen LogP contribution in [0.4, 0.5) is 5.69 Å². The number of H-pyrrole nitrogens is 1. The number of hydrogen-bond acceptors (Lipinski definition) is 5. The third-order valence-electron chi connectivity index (χ3n) is 6.28. The molecule has 4 aromatic rings. The van der Waals surface area contributed by atoms with E-state index in [1.807, 2.05) is 44.2 Å². The molecule has 2 N–H and O–H groups in total. The van der Waals surface area contributed by atoms with E-state index in [-0.39, 0.29) is 11.2 Å². The van der Waals surface area contributed by atoms with Gasteiger partial charge >= 0.3 is 0 Å². The van der Waals surface area contributed by atoms with Crippen molar-refractivity contribution in [2.24, 2.45) is 0 Å². The number of ether oxygens (including phenoxy) is 1. The van der Waals surface area contributed by atoms with Gasteiger partial charge in [-0.05, 0) is 54.8 Å². The number of para-hydroxylation sites is 1. The van der Waals surface area contributed by atoms with Crippen molar-refractivity contribution in [1.29, 1.82) is 0 Å². The van der Waals surface area contributed by atoms with Gasteiger partial charge in [0.25, 0.3) is 0 Å². The second-order valence-electron chi connectivity index (χ2n) is 9.07. The topological polar surface area (TPSA) is 70.2 Å². The first-order valence-corrected chi connectivity index (χ1v) is 13.3. The molecule has 0 aliphatic carbocycles. The van der Waals surface area contributed by atoms with Gasteiger partial charge < -0.3 is 15.0 Å². The molecule has 1 aliphatic heterocycles. The van der Waals surface area contributed by atoms with Crippen molar-refractivity contribution in [2.75, 3.05) is 31.6 Å². The summed E-state index contributed by atoms with van der Waals surface area (Å²) < 4.78 is 5.48. The number of aromatic nitrogens is 2. The van der Waals surface area contributed by atoms with Crippen LogP contribution in [0.2, 0.25) is 5.02 Å². The molecule has 1 amide bonds. The number of carbonyl (C=O) groups excluding carboxylic acids is 1. The molecule has 1 aliphatic rings. The first-order valence-electron chi connectivity index (χ1n) is 12.1. The van der Waals surface area contributed by atoms with Crippen molar-refractivity contribution < 1.29 is 9.53 Å². The zero-order valence-corrected chi connectivity index (χ0v) is 22.0. The third kappa shape index (κ3) is 5.76. The number of amides is 1. The Hall–Kier alpha value is -2.84. The largest absolute Gasteiger partial charge is 0.379 e. The number of thioether (sulfide) groups is 1. The van der Waals surface area contributed by atoms with E-state index in [1.165, 1.54) is 17.3 Å². The predicted molar refractivity (Wildman–Crippen MR) is 148 cm³/mol. The molecule has 1 saturated heterocycles. The van der Waals surface area contributed by atoms with Crippen molar-refractivity contribution in [3.05, 3.63) is 76.8 Å². The second kappa shape index (κ2) is 11.0. The zero-order chi connectivity index (χ0) is 25.1. The van der Waals surface area contributed by atoms with Gasteiger partial charge in [-0.3, -0.25) is 9.69 Å². The maximum absolute atomic E-state index is 12.8. The first kappa shape index (κ1) is 24.8. The number of nitrogens with zero attached hydrogens (tertiary/aromatic N) is 2. The summed E-state index contributed by atoms with van der Waals surface area (Å²) in [5.74, 6) is -0.123. The number of imidazole rings is 1. The van der Waals surface area contributed by atoms with Crippen LogP contribution in [0.1, 0.15) is 18.1 Å². The number of morpholine rings is 1. The lowest BCUT2D eigenvalue weighted by molar-refractivity contribution is -0.115. The summed E-state index contributed by atoms with van der Waals surface area (Å²) in [4.78, 5) is 23.5. The first-order chi connectivity index (χ1) is 17.5. The molecule has 8 heteroatoms. The van der Waals surface area contributed by atoms with Crippen LogP contribution >= 0.6 is 23.4 Å². The number of aromatic amines is 1. The van der Waals surface area contributed by atoms with E-state index in [0.29, 0.717) is 15.9 Å². The summed E-state index contributed by atoms with van der Waals surface area (Å²) in [5, 5.41) is 3.80. The molecule has 5 rings (SSSR count). The summed E-state index contributed by atoms with van der Waals surface area (Å²) in [6.45, 7) is 8.25. The smallest absolute Gasteiger partial charge is 0.237 e. The minimum Gasteiger partial charge on any atom is -0.379 e. The Morgan fingerprint density at radius 2 is 1.97 bits per heavy atom. The fraction of sp³-hybridized carbons (Fsp3) is 0.286. The lowest BCUT2D eigenvalue weighted by Crippen LogP contribution is -2.35. The fourth-order valence-corrected chi connectivity index (χ4v) is 5.43. The van der Waals surface area contributed by atoms with Crippen LogP contribution in [-0.4, -0.2) is 52.3 Å².